The average Bonchev–Trinajstić information content (AvgIpc) is 2.67. The molecule has 1 heterocycles. The van der Waals surface area contributed by atoms with Crippen molar-refractivity contribution >= 4 is 23.5 Å². The van der Waals surface area contributed by atoms with Crippen molar-refractivity contribution in [1.29, 1.82) is 0 Å². The number of hydrogen-bond acceptors (Lipinski definition) is 4. The van der Waals surface area contributed by atoms with Crippen molar-refractivity contribution in [3.8, 4) is 0 Å². The Morgan fingerprint density at radius 3 is 2.52 bits per heavy atom. The standard InChI is InChI=1S/C19H24F5N3OS/c20-18(21)7-5-14(11-1-3-12(4-2-11)19(22,23)24)15(10-18)17(28)27-13-6-8-26-16(9-13)29-25/h6,8-9,11-12,14-15H,1-5,7,10,25H2,(H,26,27,28)/t11?,12?,14-,15+/m0/s1. The van der Waals surface area contributed by atoms with Crippen LogP contribution in [0.25, 0.3) is 0 Å². The van der Waals surface area contributed by atoms with Gasteiger partial charge in [-0.2, -0.15) is 13.2 Å². The van der Waals surface area contributed by atoms with Crippen LogP contribution in [-0.2, 0) is 4.79 Å². The van der Waals surface area contributed by atoms with Crippen LogP contribution in [-0.4, -0.2) is 23.0 Å². The second kappa shape index (κ2) is 8.75. The lowest BCUT2D eigenvalue weighted by Gasteiger charge is -2.42. The van der Waals surface area contributed by atoms with Crippen molar-refractivity contribution in [2.75, 3.05) is 5.32 Å². The Morgan fingerprint density at radius 2 is 1.90 bits per heavy atom. The van der Waals surface area contributed by atoms with Gasteiger partial charge in [0.1, 0.15) is 5.03 Å². The highest BCUT2D eigenvalue weighted by atomic mass is 32.2. The number of aromatic nitrogens is 1. The molecule has 1 aromatic rings. The van der Waals surface area contributed by atoms with Gasteiger partial charge < -0.3 is 5.32 Å². The third kappa shape index (κ3) is 5.59. The molecule has 3 N–H and O–H groups in total. The fourth-order valence-corrected chi connectivity index (χ4v) is 4.98. The Bertz CT molecular complexity index is 722. The van der Waals surface area contributed by atoms with E-state index in [9.17, 15) is 26.7 Å². The van der Waals surface area contributed by atoms with E-state index < -0.39 is 36.3 Å². The predicted molar refractivity (Wildman–Crippen MR) is 100 cm³/mol. The Kier molecular flexibility index (Phi) is 6.72. The van der Waals surface area contributed by atoms with Gasteiger partial charge in [0.15, 0.2) is 0 Å². The lowest BCUT2D eigenvalue weighted by Crippen LogP contribution is -2.43. The summed E-state index contributed by atoms with van der Waals surface area (Å²) in [5.41, 5.74) is 0.409. The summed E-state index contributed by atoms with van der Waals surface area (Å²) in [4.78, 5) is 16.8. The SMILES string of the molecule is NSc1cc(NC(=O)[C@@H]2CC(F)(F)CC[C@H]2C2CCC(C(F)(F)F)CC2)ccn1. The number of alkyl halides is 5. The number of amides is 1. The normalized spacial score (nSPS) is 30.0. The first-order valence-electron chi connectivity index (χ1n) is 9.67. The quantitative estimate of drug-likeness (QED) is 0.489. The first kappa shape index (κ1) is 22.3. The van der Waals surface area contributed by atoms with Crippen molar-refractivity contribution < 1.29 is 26.7 Å². The van der Waals surface area contributed by atoms with Crippen LogP contribution in [0.1, 0.15) is 44.9 Å². The second-order valence-corrected chi connectivity index (χ2v) is 8.67. The van der Waals surface area contributed by atoms with E-state index in [0.717, 1.165) is 11.9 Å². The van der Waals surface area contributed by atoms with E-state index >= 15 is 0 Å². The van der Waals surface area contributed by atoms with Crippen LogP contribution in [0.15, 0.2) is 23.4 Å². The fourth-order valence-electron chi connectivity index (χ4n) is 4.67. The largest absolute Gasteiger partial charge is 0.391 e. The van der Waals surface area contributed by atoms with Gasteiger partial charge >= 0.3 is 6.18 Å². The molecule has 0 aliphatic heterocycles. The van der Waals surface area contributed by atoms with E-state index in [-0.39, 0.29) is 37.5 Å². The summed E-state index contributed by atoms with van der Waals surface area (Å²) in [6.07, 6.45) is -2.91. The molecule has 4 nitrogen and oxygen atoms in total. The summed E-state index contributed by atoms with van der Waals surface area (Å²) in [6.45, 7) is 0. The highest BCUT2D eigenvalue weighted by molar-refractivity contribution is 7.97. The summed E-state index contributed by atoms with van der Waals surface area (Å²) >= 11 is 0.896. The maximum absolute atomic E-state index is 14.1. The van der Waals surface area contributed by atoms with E-state index in [4.69, 9.17) is 5.14 Å². The summed E-state index contributed by atoms with van der Waals surface area (Å²) in [6, 6.07) is 3.09. The molecule has 162 valence electrons. The molecule has 2 fully saturated rings. The lowest BCUT2D eigenvalue weighted by molar-refractivity contribution is -0.186. The molecule has 2 atom stereocenters. The highest BCUT2D eigenvalue weighted by Crippen LogP contribution is 2.49. The molecular weight excluding hydrogens is 413 g/mol. The van der Waals surface area contributed by atoms with Crippen molar-refractivity contribution in [1.82, 2.24) is 4.98 Å². The third-order valence-electron chi connectivity index (χ3n) is 6.18. The van der Waals surface area contributed by atoms with Crippen molar-refractivity contribution in [3.63, 3.8) is 0 Å². The number of carbonyl (C=O) groups is 1. The zero-order valence-corrected chi connectivity index (χ0v) is 16.5. The molecule has 3 rings (SSSR count). The monoisotopic (exact) mass is 437 g/mol. The summed E-state index contributed by atoms with van der Waals surface area (Å²) < 4.78 is 67.0. The Labute approximate surface area is 170 Å². The second-order valence-electron chi connectivity index (χ2n) is 8.01. The molecule has 0 unspecified atom stereocenters. The number of nitrogens with zero attached hydrogens (tertiary/aromatic N) is 1. The third-order valence-corrected chi connectivity index (χ3v) is 6.64. The number of carbonyl (C=O) groups excluding carboxylic acids is 1. The summed E-state index contributed by atoms with van der Waals surface area (Å²) in [7, 11) is 0. The number of hydrogen-bond donors (Lipinski definition) is 2. The first-order valence-corrected chi connectivity index (χ1v) is 10.6. The van der Waals surface area contributed by atoms with Gasteiger partial charge in [-0.25, -0.2) is 13.8 Å². The molecule has 0 spiro atoms. The van der Waals surface area contributed by atoms with E-state index in [0.29, 0.717) is 23.6 Å². The Hall–Kier alpha value is -1.42. The minimum Gasteiger partial charge on any atom is -0.326 e. The molecule has 1 aromatic heterocycles. The van der Waals surface area contributed by atoms with Gasteiger partial charge in [-0.3, -0.25) is 9.93 Å². The molecule has 1 amide bonds. The van der Waals surface area contributed by atoms with Gasteiger partial charge in [-0.15, -0.1) is 0 Å². The minimum atomic E-state index is -4.22. The molecule has 10 heteroatoms. The topological polar surface area (TPSA) is 68.0 Å². The van der Waals surface area contributed by atoms with Crippen molar-refractivity contribution in [2.24, 2.45) is 28.8 Å². The Balaban J connectivity index is 1.71. The van der Waals surface area contributed by atoms with Crippen LogP contribution < -0.4 is 10.5 Å². The number of pyridine rings is 1. The fraction of sp³-hybridized carbons (Fsp3) is 0.684. The number of nitrogens with two attached hydrogens (primary N) is 1. The molecule has 29 heavy (non-hydrogen) atoms. The Morgan fingerprint density at radius 1 is 1.21 bits per heavy atom. The van der Waals surface area contributed by atoms with E-state index in [1.807, 2.05) is 0 Å². The zero-order chi connectivity index (χ0) is 21.2. The summed E-state index contributed by atoms with van der Waals surface area (Å²) in [5, 5.41) is 8.59. The van der Waals surface area contributed by atoms with E-state index in [2.05, 4.69) is 10.3 Å². The highest BCUT2D eigenvalue weighted by Gasteiger charge is 2.49. The summed E-state index contributed by atoms with van der Waals surface area (Å²) in [5.74, 6) is -6.22. The molecule has 2 aliphatic carbocycles. The maximum atomic E-state index is 14.1. The van der Waals surface area contributed by atoms with Crippen molar-refractivity contribution in [3.05, 3.63) is 18.3 Å². The first-order chi connectivity index (χ1) is 13.6. The molecule has 2 aliphatic rings. The van der Waals surface area contributed by atoms with Crippen LogP contribution >= 0.6 is 11.9 Å². The van der Waals surface area contributed by atoms with Crippen LogP contribution in [0, 0.1) is 23.7 Å². The van der Waals surface area contributed by atoms with E-state index in [1.54, 1.807) is 12.1 Å². The molecule has 0 radical (unpaired) electrons. The zero-order valence-electron chi connectivity index (χ0n) is 15.7. The molecule has 2 saturated carbocycles. The smallest absolute Gasteiger partial charge is 0.326 e. The molecular formula is C19H24F5N3OS. The molecule has 0 bridgehead atoms. The van der Waals surface area contributed by atoms with Gasteiger partial charge in [0.05, 0.1) is 5.92 Å². The van der Waals surface area contributed by atoms with Crippen LogP contribution in [0.4, 0.5) is 27.6 Å². The number of halogens is 5. The molecule has 0 saturated heterocycles. The van der Waals surface area contributed by atoms with Crippen LogP contribution in [0.3, 0.4) is 0 Å². The van der Waals surface area contributed by atoms with Gasteiger partial charge in [0.25, 0.3) is 0 Å². The number of nitrogens with one attached hydrogen (secondary N) is 1. The maximum Gasteiger partial charge on any atom is 0.391 e. The van der Waals surface area contributed by atoms with Gasteiger partial charge in [0.2, 0.25) is 11.8 Å². The lowest BCUT2D eigenvalue weighted by atomic mass is 9.65. The average molecular weight is 437 g/mol. The van der Waals surface area contributed by atoms with Gasteiger partial charge in [0, 0.05) is 30.6 Å². The minimum absolute atomic E-state index is 0.00314. The predicted octanol–water partition coefficient (Wildman–Crippen LogP) is 5.41. The van der Waals surface area contributed by atoms with Crippen LogP contribution in [0.2, 0.25) is 0 Å². The van der Waals surface area contributed by atoms with Crippen LogP contribution in [0.5, 0.6) is 0 Å². The molecule has 0 aromatic carbocycles. The van der Waals surface area contributed by atoms with Crippen molar-refractivity contribution in [2.45, 2.75) is 62.1 Å². The van der Waals surface area contributed by atoms with E-state index in [1.165, 1.54) is 6.20 Å². The van der Waals surface area contributed by atoms with Gasteiger partial charge in [-0.1, -0.05) is 0 Å². The van der Waals surface area contributed by atoms with Gasteiger partial charge in [-0.05, 0) is 68.0 Å². The number of rotatable bonds is 4. The number of anilines is 1.